The minimum absolute atomic E-state index is 0.683. The van der Waals surface area contributed by atoms with Gasteiger partial charge < -0.3 is 9.13 Å². The summed E-state index contributed by atoms with van der Waals surface area (Å²) in [6.07, 6.45) is 6.23. The van der Waals surface area contributed by atoms with Gasteiger partial charge in [0.2, 0.25) is 0 Å². The molecule has 8 rings (SSSR count). The van der Waals surface area contributed by atoms with Crippen molar-refractivity contribution in [3.05, 3.63) is 167 Å². The first-order valence-corrected chi connectivity index (χ1v) is 17.1. The maximum absolute atomic E-state index is 10.1. The smallest absolute Gasteiger partial charge is 0.0995 e. The Morgan fingerprint density at radius 1 is 0.660 bits per heavy atom. The van der Waals surface area contributed by atoms with Gasteiger partial charge in [-0.05, 0) is 98.0 Å². The molecule has 240 valence electrons. The van der Waals surface area contributed by atoms with Crippen LogP contribution in [0.2, 0.25) is 0 Å². The number of hydrogen-bond donors (Lipinski definition) is 0. The van der Waals surface area contributed by atoms with Crippen molar-refractivity contribution < 1.29 is 0 Å². The lowest BCUT2D eigenvalue weighted by atomic mass is 9.95. The summed E-state index contributed by atoms with van der Waals surface area (Å²) < 4.78 is 4.68. The Morgan fingerprint density at radius 3 is 2.18 bits per heavy atom. The van der Waals surface area contributed by atoms with Crippen LogP contribution in [0.3, 0.4) is 0 Å². The Morgan fingerprint density at radius 2 is 1.40 bits per heavy atom. The number of aromatic nitrogens is 2. The first-order valence-electron chi connectivity index (χ1n) is 17.1. The highest BCUT2D eigenvalue weighted by Crippen LogP contribution is 2.39. The van der Waals surface area contributed by atoms with Crippen molar-refractivity contribution in [3.63, 3.8) is 0 Å². The topological polar surface area (TPSA) is 33.6 Å². The van der Waals surface area contributed by atoms with Crippen LogP contribution in [0.1, 0.15) is 40.4 Å². The van der Waals surface area contributed by atoms with Crippen LogP contribution in [-0.4, -0.2) is 9.13 Å². The summed E-state index contributed by atoms with van der Waals surface area (Å²) in [4.78, 5) is 0. The van der Waals surface area contributed by atoms with E-state index in [1.165, 1.54) is 38.3 Å². The Bertz CT molecular complexity index is 2710. The average molecular weight is 644 g/mol. The highest BCUT2D eigenvalue weighted by atomic mass is 15.0. The summed E-state index contributed by atoms with van der Waals surface area (Å²) >= 11 is 0. The van der Waals surface area contributed by atoms with Gasteiger partial charge in [0.25, 0.3) is 0 Å². The van der Waals surface area contributed by atoms with Crippen molar-refractivity contribution in [2.75, 3.05) is 0 Å². The van der Waals surface area contributed by atoms with Crippen LogP contribution in [0.5, 0.6) is 0 Å². The zero-order chi connectivity index (χ0) is 34.5. The number of hydrogen-bond acceptors (Lipinski definition) is 1. The normalized spacial score (nSPS) is 11.6. The molecule has 3 nitrogen and oxygen atoms in total. The van der Waals surface area contributed by atoms with E-state index in [2.05, 4.69) is 176 Å². The molecule has 0 saturated carbocycles. The number of benzene rings is 6. The molecule has 0 bridgehead atoms. The number of aryl methyl sites for hydroxylation is 2. The van der Waals surface area contributed by atoms with Crippen LogP contribution in [-0.2, 0) is 0 Å². The van der Waals surface area contributed by atoms with E-state index in [9.17, 15) is 5.26 Å². The molecule has 0 fully saturated rings. The van der Waals surface area contributed by atoms with E-state index in [0.717, 1.165) is 56.0 Å². The summed E-state index contributed by atoms with van der Waals surface area (Å²) in [5.41, 5.74) is 16.4. The summed E-state index contributed by atoms with van der Waals surface area (Å²) in [6, 6.07) is 45.9. The molecule has 3 heteroatoms. The minimum Gasteiger partial charge on any atom is -0.313 e. The maximum Gasteiger partial charge on any atom is 0.0995 e. The third-order valence-corrected chi connectivity index (χ3v) is 10.0. The number of nitrogens with zero attached hydrogens (tertiary/aromatic N) is 3. The Kier molecular flexibility index (Phi) is 7.58. The molecule has 0 spiro atoms. The zero-order valence-electron chi connectivity index (χ0n) is 28.8. The molecular weight excluding hydrogens is 607 g/mol. The first-order chi connectivity index (χ1) is 24.4. The summed E-state index contributed by atoms with van der Waals surface area (Å²) in [5.74, 6) is 0. The molecule has 8 aromatic rings. The van der Waals surface area contributed by atoms with E-state index in [0.29, 0.717) is 5.56 Å². The molecule has 0 atom stereocenters. The van der Waals surface area contributed by atoms with Crippen LogP contribution in [0.4, 0.5) is 0 Å². The third-order valence-electron chi connectivity index (χ3n) is 10.0. The highest BCUT2D eigenvalue weighted by Gasteiger charge is 2.19. The number of para-hydroxylation sites is 2. The Labute approximate surface area is 293 Å². The molecule has 0 aliphatic rings. The fourth-order valence-corrected chi connectivity index (χ4v) is 7.62. The second-order valence-corrected chi connectivity index (χ2v) is 13.1. The minimum atomic E-state index is 0.683. The number of allylic oxidation sites excluding steroid dienone is 1. The van der Waals surface area contributed by atoms with Crippen molar-refractivity contribution in [1.82, 2.24) is 9.13 Å². The maximum atomic E-state index is 10.1. The largest absolute Gasteiger partial charge is 0.313 e. The molecule has 0 amide bonds. The molecule has 0 unspecified atom stereocenters. The van der Waals surface area contributed by atoms with E-state index >= 15 is 0 Å². The van der Waals surface area contributed by atoms with Crippen molar-refractivity contribution in [2.24, 2.45) is 0 Å². The van der Waals surface area contributed by atoms with Gasteiger partial charge in [-0.3, -0.25) is 0 Å². The van der Waals surface area contributed by atoms with E-state index in [4.69, 9.17) is 0 Å². The molecule has 2 heterocycles. The lowest BCUT2D eigenvalue weighted by Gasteiger charge is -2.17. The Balaban J connectivity index is 1.26. The molecule has 2 aromatic heterocycles. The average Bonchev–Trinajstić information content (AvgIpc) is 3.63. The van der Waals surface area contributed by atoms with Crippen LogP contribution in [0.25, 0.3) is 78.5 Å². The summed E-state index contributed by atoms with van der Waals surface area (Å²) in [7, 11) is 0. The lowest BCUT2D eigenvalue weighted by molar-refractivity contribution is 1.05. The van der Waals surface area contributed by atoms with Crippen LogP contribution in [0, 0.1) is 32.1 Å². The van der Waals surface area contributed by atoms with Gasteiger partial charge in [-0.15, -0.1) is 0 Å². The van der Waals surface area contributed by atoms with Gasteiger partial charge in [-0.25, -0.2) is 0 Å². The van der Waals surface area contributed by atoms with Gasteiger partial charge in [0.1, 0.15) is 0 Å². The van der Waals surface area contributed by atoms with Crippen molar-refractivity contribution >= 4 is 44.9 Å². The predicted molar refractivity (Wildman–Crippen MR) is 212 cm³/mol. The van der Waals surface area contributed by atoms with Gasteiger partial charge in [-0.2, -0.15) is 5.26 Å². The van der Waals surface area contributed by atoms with Gasteiger partial charge >= 0.3 is 0 Å². The molecule has 6 aromatic carbocycles. The fourth-order valence-electron chi connectivity index (χ4n) is 7.62. The first kappa shape index (κ1) is 30.9. The zero-order valence-corrected chi connectivity index (χ0v) is 28.8. The second kappa shape index (κ2) is 12.3. The molecule has 50 heavy (non-hydrogen) atoms. The van der Waals surface area contributed by atoms with E-state index < -0.39 is 0 Å². The molecular formula is C47H37N3. The van der Waals surface area contributed by atoms with E-state index in [1.807, 2.05) is 13.0 Å². The number of fused-ring (bicyclic) bond motifs is 4. The van der Waals surface area contributed by atoms with Crippen LogP contribution < -0.4 is 0 Å². The summed E-state index contributed by atoms with van der Waals surface area (Å²) in [5, 5.41) is 13.7. The standard InChI is InChI=1S/C47H37N3/c1-6-12-39-32(5)49(45-24-19-30(3)25-43(39)45)46-28-37(29-48)31(4)26-42(46)35-22-20-34(21-23-35)36-14-10-15-38(27-36)50-44-18-9-8-16-40(44)41-17-11-13-33(7-2)47(41)50/h6-28H,2H2,1,3-5H3/b12-6-. The van der Waals surface area contributed by atoms with Crippen molar-refractivity contribution in [1.29, 1.82) is 5.26 Å². The van der Waals surface area contributed by atoms with Gasteiger partial charge in [-0.1, -0.05) is 109 Å². The Hall–Kier alpha value is -6.37. The van der Waals surface area contributed by atoms with Gasteiger partial charge in [0.15, 0.2) is 0 Å². The van der Waals surface area contributed by atoms with Crippen molar-refractivity contribution in [3.8, 4) is 39.7 Å². The summed E-state index contributed by atoms with van der Waals surface area (Å²) in [6.45, 7) is 12.5. The quantitative estimate of drug-likeness (QED) is 0.177. The van der Waals surface area contributed by atoms with E-state index in [-0.39, 0.29) is 0 Å². The SMILES string of the molecule is C=Cc1cccc2c3ccccc3n(-c3cccc(-c4ccc(-c5cc(C)c(C#N)cc5-n5c(C)c(/C=C\C)c6cc(C)ccc65)cc4)c3)c12. The van der Waals surface area contributed by atoms with Crippen molar-refractivity contribution in [2.45, 2.75) is 27.7 Å². The molecule has 0 N–H and O–H groups in total. The van der Waals surface area contributed by atoms with E-state index in [1.54, 1.807) is 0 Å². The van der Waals surface area contributed by atoms with Gasteiger partial charge in [0.05, 0.1) is 33.9 Å². The monoisotopic (exact) mass is 643 g/mol. The second-order valence-electron chi connectivity index (χ2n) is 13.1. The van der Waals surface area contributed by atoms with Crippen LogP contribution >= 0.6 is 0 Å². The van der Waals surface area contributed by atoms with Crippen LogP contribution in [0.15, 0.2) is 134 Å². The third kappa shape index (κ3) is 4.88. The molecule has 0 aliphatic heterocycles. The molecule has 0 aliphatic carbocycles. The molecule has 0 radical (unpaired) electrons. The van der Waals surface area contributed by atoms with Gasteiger partial charge in [0, 0.05) is 38.7 Å². The fraction of sp³-hybridized carbons (Fsp3) is 0.0851. The number of rotatable bonds is 6. The lowest BCUT2D eigenvalue weighted by Crippen LogP contribution is -2.02. The number of nitriles is 1. The molecule has 0 saturated heterocycles. The highest BCUT2D eigenvalue weighted by molar-refractivity contribution is 6.11. The predicted octanol–water partition coefficient (Wildman–Crippen LogP) is 12.5.